The fourth-order valence-corrected chi connectivity index (χ4v) is 4.94. The molecule has 0 saturated carbocycles. The highest BCUT2D eigenvalue weighted by Gasteiger charge is 2.20. The van der Waals surface area contributed by atoms with Gasteiger partial charge in [0, 0.05) is 28.9 Å². The van der Waals surface area contributed by atoms with Gasteiger partial charge in [-0.05, 0) is 71.3 Å². The third-order valence-electron chi connectivity index (χ3n) is 8.14. The van der Waals surface area contributed by atoms with E-state index in [0.717, 1.165) is 33.9 Å². The first kappa shape index (κ1) is 42.4. The molecule has 4 heterocycles. The van der Waals surface area contributed by atoms with Crippen LogP contribution in [-0.4, -0.2) is 19.6 Å². The van der Waals surface area contributed by atoms with E-state index in [0.29, 0.717) is 10.8 Å². The Morgan fingerprint density at radius 3 is 1.43 bits per heavy atom. The zero-order valence-electron chi connectivity index (χ0n) is 34.5. The molecule has 53 heavy (non-hydrogen) atoms. The summed E-state index contributed by atoms with van der Waals surface area (Å²) in [4.78, 5) is 8.67. The molecule has 0 amide bonds. The molecule has 4 aromatic heterocycles. The number of aromatic nitrogens is 4. The number of rotatable bonds is 0. The lowest BCUT2D eigenvalue weighted by Crippen LogP contribution is -2.12. The van der Waals surface area contributed by atoms with Gasteiger partial charge in [0.25, 0.3) is 0 Å². The van der Waals surface area contributed by atoms with E-state index >= 15 is 0 Å². The zero-order valence-corrected chi connectivity index (χ0v) is 34.5. The molecule has 0 spiro atoms. The number of pyridine rings is 2. The molecule has 0 bridgehead atoms. The number of aryl methyl sites for hydroxylation is 1. The predicted molar refractivity (Wildman–Crippen MR) is 226 cm³/mol. The molecule has 0 N–H and O–H groups in total. The van der Waals surface area contributed by atoms with E-state index in [1.54, 1.807) is 0 Å². The molecule has 0 unspecified atom stereocenters. The summed E-state index contributed by atoms with van der Waals surface area (Å²) in [5, 5.41) is 4.23. The van der Waals surface area contributed by atoms with E-state index in [9.17, 15) is 0 Å². The molecule has 0 atom stereocenters. The van der Waals surface area contributed by atoms with Crippen molar-refractivity contribution in [2.75, 3.05) is 0 Å². The van der Waals surface area contributed by atoms with Crippen molar-refractivity contribution in [2.24, 2.45) is 0 Å². The maximum atomic E-state index is 5.62. The number of hydrogen-bond donors (Lipinski definition) is 0. The van der Waals surface area contributed by atoms with Gasteiger partial charge in [-0.3, -0.25) is 4.98 Å². The van der Waals surface area contributed by atoms with Crippen molar-refractivity contribution in [2.45, 2.75) is 112 Å². The van der Waals surface area contributed by atoms with Crippen LogP contribution in [0.5, 0.6) is 0 Å². The topological polar surface area (TPSA) is 56.2 Å². The van der Waals surface area contributed by atoms with E-state index in [4.69, 9.17) is 4.42 Å². The summed E-state index contributed by atoms with van der Waals surface area (Å²) >= 11 is 0. The Bertz CT molecular complexity index is 1870. The van der Waals surface area contributed by atoms with Crippen LogP contribution in [0.4, 0.5) is 0 Å². The molecule has 0 radical (unpaired) electrons. The van der Waals surface area contributed by atoms with Gasteiger partial charge in [-0.25, -0.2) is 9.50 Å². The number of hydrogen-bond acceptors (Lipinski definition) is 4. The maximum Gasteiger partial charge on any atom is 0.200 e. The van der Waals surface area contributed by atoms with Crippen LogP contribution < -0.4 is 0 Å². The van der Waals surface area contributed by atoms with Crippen LogP contribution in [0.15, 0.2) is 144 Å². The SMILES string of the molecule is CC(C)(C)c1ccccc1.CC(C)(C)c1ccccc1.CC(C)(C)c1ccccn1.CC(C)(C)c1nc2ccccc2o1.Cc1cc2ccccn2n1. The molecule has 5 heteroatoms. The average Bonchev–Trinajstić information content (AvgIpc) is 3.73. The first-order valence-electron chi connectivity index (χ1n) is 18.5. The second-order valence-electron chi connectivity index (χ2n) is 17.3. The molecule has 0 aliphatic carbocycles. The summed E-state index contributed by atoms with van der Waals surface area (Å²) < 4.78 is 7.49. The van der Waals surface area contributed by atoms with Gasteiger partial charge in [-0.1, -0.05) is 168 Å². The van der Waals surface area contributed by atoms with Crippen LogP contribution in [0.25, 0.3) is 16.6 Å². The molecular formula is C48H62N4O. The van der Waals surface area contributed by atoms with Crippen LogP contribution in [0.2, 0.25) is 0 Å². The van der Waals surface area contributed by atoms with Gasteiger partial charge in [0.2, 0.25) is 5.89 Å². The second-order valence-corrected chi connectivity index (χ2v) is 17.3. The standard InChI is InChI=1S/C11H13NO.2C10H14.C9H13N.C8H8N2/c1-11(2,3)10-12-8-6-4-5-7-9(8)13-10;2*1-10(2,3)9-7-5-4-6-8-9;1-9(2,3)8-6-4-5-7-10-8;1-7-6-8-4-2-3-5-10(8)9-7/h4-7H,1-3H3;2*4-8H,1-3H3;4-7H,1-3H3;2-6H,1H3. The smallest absolute Gasteiger partial charge is 0.200 e. The van der Waals surface area contributed by atoms with Gasteiger partial charge in [-0.2, -0.15) is 5.10 Å². The highest BCUT2D eigenvalue weighted by Crippen LogP contribution is 2.25. The van der Waals surface area contributed by atoms with E-state index < -0.39 is 0 Å². The zero-order chi connectivity index (χ0) is 39.3. The lowest BCUT2D eigenvalue weighted by molar-refractivity contribution is 0.411. The number of benzene rings is 3. The molecule has 5 nitrogen and oxygen atoms in total. The third kappa shape index (κ3) is 14.5. The molecular weight excluding hydrogens is 649 g/mol. The summed E-state index contributed by atoms with van der Waals surface area (Å²) in [6.07, 6.45) is 3.78. The van der Waals surface area contributed by atoms with Gasteiger partial charge in [0.1, 0.15) is 5.52 Å². The van der Waals surface area contributed by atoms with Crippen LogP contribution in [-0.2, 0) is 21.7 Å². The summed E-state index contributed by atoms with van der Waals surface area (Å²) in [5.74, 6) is 0.800. The van der Waals surface area contributed by atoms with E-state index in [-0.39, 0.29) is 10.8 Å². The summed E-state index contributed by atoms with van der Waals surface area (Å²) in [6.45, 7) is 28.1. The second kappa shape index (κ2) is 18.6. The molecule has 0 saturated heterocycles. The minimum absolute atomic E-state index is 0.0149. The van der Waals surface area contributed by atoms with Crippen LogP contribution in [0.1, 0.15) is 111 Å². The Kier molecular flexibility index (Phi) is 14.9. The van der Waals surface area contributed by atoms with E-state index in [1.807, 2.05) is 78.4 Å². The minimum Gasteiger partial charge on any atom is -0.440 e. The fraction of sp³-hybridized carbons (Fsp3) is 0.354. The van der Waals surface area contributed by atoms with Crippen molar-refractivity contribution in [3.8, 4) is 0 Å². The number of fused-ring (bicyclic) bond motifs is 2. The Morgan fingerprint density at radius 1 is 0.509 bits per heavy atom. The van der Waals surface area contributed by atoms with Crippen molar-refractivity contribution in [1.82, 2.24) is 19.6 Å². The molecule has 7 aromatic rings. The lowest BCUT2D eigenvalue weighted by Gasteiger charge is -2.18. The average molecular weight is 711 g/mol. The minimum atomic E-state index is -0.0149. The van der Waals surface area contributed by atoms with E-state index in [2.05, 4.69) is 171 Å². The number of oxazole rings is 1. The highest BCUT2D eigenvalue weighted by molar-refractivity contribution is 5.72. The molecule has 0 aliphatic heterocycles. The quantitative estimate of drug-likeness (QED) is 0.157. The van der Waals surface area contributed by atoms with Crippen molar-refractivity contribution in [3.63, 3.8) is 0 Å². The normalized spacial score (nSPS) is 11.5. The molecule has 0 fully saturated rings. The monoisotopic (exact) mass is 710 g/mol. The van der Waals surface area contributed by atoms with Crippen molar-refractivity contribution < 1.29 is 4.42 Å². The van der Waals surface area contributed by atoms with Gasteiger partial charge >= 0.3 is 0 Å². The fourth-order valence-electron chi connectivity index (χ4n) is 4.94. The maximum absolute atomic E-state index is 5.62. The Morgan fingerprint density at radius 2 is 1.02 bits per heavy atom. The largest absolute Gasteiger partial charge is 0.440 e. The van der Waals surface area contributed by atoms with Crippen LogP contribution in [0, 0.1) is 6.92 Å². The lowest BCUT2D eigenvalue weighted by atomic mass is 9.87. The van der Waals surface area contributed by atoms with Crippen molar-refractivity contribution in [1.29, 1.82) is 0 Å². The van der Waals surface area contributed by atoms with Crippen molar-refractivity contribution >= 4 is 16.6 Å². The first-order chi connectivity index (χ1) is 24.7. The van der Waals surface area contributed by atoms with Gasteiger partial charge in [0.15, 0.2) is 5.58 Å². The van der Waals surface area contributed by atoms with Gasteiger partial charge in [0.05, 0.1) is 11.2 Å². The summed E-state index contributed by atoms with van der Waals surface area (Å²) in [7, 11) is 0. The molecule has 7 rings (SSSR count). The molecule has 280 valence electrons. The van der Waals surface area contributed by atoms with Gasteiger partial charge < -0.3 is 4.42 Å². The van der Waals surface area contributed by atoms with Gasteiger partial charge in [-0.15, -0.1) is 0 Å². The number of para-hydroxylation sites is 2. The van der Waals surface area contributed by atoms with E-state index in [1.165, 1.54) is 11.1 Å². The van der Waals surface area contributed by atoms with Crippen LogP contribution in [0.3, 0.4) is 0 Å². The number of nitrogens with zero attached hydrogens (tertiary/aromatic N) is 4. The summed E-state index contributed by atoms with van der Waals surface area (Å²) in [5.41, 5.74) is 8.72. The Balaban J connectivity index is 0.000000179. The van der Waals surface area contributed by atoms with Crippen molar-refractivity contribution in [3.05, 3.63) is 168 Å². The Hall–Kier alpha value is -5.03. The Labute approximate surface area is 319 Å². The third-order valence-corrected chi connectivity index (χ3v) is 8.14. The molecule has 0 aliphatic rings. The highest BCUT2D eigenvalue weighted by atomic mass is 16.3. The van der Waals surface area contributed by atoms with Crippen LogP contribution >= 0.6 is 0 Å². The first-order valence-corrected chi connectivity index (χ1v) is 18.5. The molecule has 3 aromatic carbocycles. The summed E-state index contributed by atoms with van der Waals surface area (Å²) in [6, 6.07) is 43.0. The predicted octanol–water partition coefficient (Wildman–Crippen LogP) is 13.1.